The second kappa shape index (κ2) is 11.9. The Morgan fingerprint density at radius 1 is 1.18 bits per heavy atom. The topological polar surface area (TPSA) is 138 Å². The first kappa shape index (κ1) is 27.2. The normalized spacial score (nSPS) is 11.7. The smallest absolute Gasteiger partial charge is 0.295 e. The molecule has 0 radical (unpaired) electrons. The van der Waals surface area contributed by atoms with Crippen molar-refractivity contribution in [3.8, 4) is 0 Å². The zero-order valence-electron chi connectivity index (χ0n) is 19.7. The summed E-state index contributed by atoms with van der Waals surface area (Å²) >= 11 is 0. The number of nitrogens with one attached hydrogen (secondary N) is 2. The number of fused-ring (bicyclic) bond motifs is 1. The molecule has 0 spiro atoms. The van der Waals surface area contributed by atoms with E-state index in [-0.39, 0.29) is 29.4 Å². The summed E-state index contributed by atoms with van der Waals surface area (Å²) in [5.41, 5.74) is 5.15. The summed E-state index contributed by atoms with van der Waals surface area (Å²) in [5, 5.41) is 16.7. The van der Waals surface area contributed by atoms with Crippen LogP contribution in [-0.4, -0.2) is 58.7 Å². The minimum atomic E-state index is -3.80. The second-order valence-electron chi connectivity index (χ2n) is 7.35. The maximum Gasteiger partial charge on any atom is 0.295 e. The van der Waals surface area contributed by atoms with Crippen LogP contribution in [0, 0.1) is 17.0 Å². The summed E-state index contributed by atoms with van der Waals surface area (Å²) in [6, 6.07) is 11.5. The minimum Gasteiger partial charge on any atom is -0.358 e. The number of aryl methyl sites for hydroxylation is 1. The van der Waals surface area contributed by atoms with E-state index in [1.54, 1.807) is 32.6 Å². The highest BCUT2D eigenvalue weighted by Gasteiger charge is 2.25. The van der Waals surface area contributed by atoms with Crippen molar-refractivity contribution in [2.75, 3.05) is 31.0 Å². The van der Waals surface area contributed by atoms with Crippen LogP contribution in [0.5, 0.6) is 0 Å². The second-order valence-corrected chi connectivity index (χ2v) is 10.8. The van der Waals surface area contributed by atoms with Gasteiger partial charge in [0.15, 0.2) is 0 Å². The van der Waals surface area contributed by atoms with Crippen molar-refractivity contribution in [2.24, 2.45) is 5.10 Å². The number of nitrogens with zero attached hydrogens (tertiary/aromatic N) is 3. The molecule has 10 nitrogen and oxygen atoms in total. The summed E-state index contributed by atoms with van der Waals surface area (Å²) < 4.78 is 36.1. The first-order valence-electron chi connectivity index (χ1n) is 10.4. The quantitative estimate of drug-likeness (QED) is 0.270. The fourth-order valence-electron chi connectivity index (χ4n) is 3.26. The molecule has 1 aromatic heterocycles. The predicted molar refractivity (Wildman–Crippen MR) is 137 cm³/mol. The van der Waals surface area contributed by atoms with Crippen LogP contribution >= 0.6 is 0 Å². The van der Waals surface area contributed by atoms with E-state index in [4.69, 9.17) is 0 Å². The average Bonchev–Trinajstić information content (AvgIpc) is 3.09. The molecule has 0 amide bonds. The van der Waals surface area contributed by atoms with Crippen LogP contribution in [0.2, 0.25) is 0 Å². The minimum absolute atomic E-state index is 0.104. The van der Waals surface area contributed by atoms with Crippen LogP contribution in [0.1, 0.15) is 25.1 Å². The number of benzene rings is 2. The zero-order valence-corrected chi connectivity index (χ0v) is 21.4. The lowest BCUT2D eigenvalue weighted by Gasteiger charge is -2.18. The van der Waals surface area contributed by atoms with Gasteiger partial charge in [0.1, 0.15) is 5.69 Å². The molecule has 0 atom stereocenters. The molecule has 3 rings (SSSR count). The van der Waals surface area contributed by atoms with Crippen molar-refractivity contribution in [2.45, 2.75) is 25.7 Å². The van der Waals surface area contributed by atoms with Crippen molar-refractivity contribution in [1.82, 2.24) is 9.29 Å². The Hall–Kier alpha value is -3.09. The highest BCUT2D eigenvalue weighted by molar-refractivity contribution is 7.89. The maximum atomic E-state index is 12.7. The fraction of sp³-hybridized carbons (Fsp3) is 0.318. The zero-order chi connectivity index (χ0) is 25.5. The molecule has 3 aromatic rings. The number of aromatic amines is 1. The molecule has 34 heavy (non-hydrogen) atoms. The van der Waals surface area contributed by atoms with Gasteiger partial charge in [-0.2, -0.15) is 9.41 Å². The number of H-pyrrole nitrogens is 1. The molecule has 0 fully saturated rings. The van der Waals surface area contributed by atoms with Crippen molar-refractivity contribution >= 4 is 49.3 Å². The number of hydrazone groups is 1. The van der Waals surface area contributed by atoms with Gasteiger partial charge in [-0.1, -0.05) is 32.0 Å². The Bertz CT molecular complexity index is 1310. The van der Waals surface area contributed by atoms with Crippen LogP contribution in [-0.2, 0) is 20.8 Å². The number of para-hydroxylation sites is 1. The summed E-state index contributed by atoms with van der Waals surface area (Å²) in [7, 11) is -4.41. The third-order valence-corrected chi connectivity index (χ3v) is 6.88. The molecular formula is C22H29N5O5S2. The highest BCUT2D eigenvalue weighted by atomic mass is 32.2. The number of hydrogen-bond donors (Lipinski definition) is 2. The van der Waals surface area contributed by atoms with Crippen LogP contribution in [0.4, 0.5) is 11.4 Å². The Balaban J connectivity index is 0.000000945. The third kappa shape index (κ3) is 6.49. The van der Waals surface area contributed by atoms with E-state index in [1.165, 1.54) is 16.4 Å². The SMILES string of the molecule is CCN(CC)S(=O)(=O)c1ccc(N/N=C/c2c(C)[nH]c3ccccc23)c([N+](=O)[O-])c1.CS(C)=O. The fourth-order valence-corrected chi connectivity index (χ4v) is 4.74. The third-order valence-electron chi connectivity index (χ3n) is 4.83. The molecule has 0 saturated carbocycles. The van der Waals surface area contributed by atoms with Gasteiger partial charge in [-0.3, -0.25) is 19.7 Å². The lowest BCUT2D eigenvalue weighted by Crippen LogP contribution is -2.30. The van der Waals surface area contributed by atoms with Gasteiger partial charge in [0, 0.05) is 64.6 Å². The number of rotatable bonds is 8. The molecule has 0 aliphatic heterocycles. The van der Waals surface area contributed by atoms with Gasteiger partial charge in [0.2, 0.25) is 10.0 Å². The van der Waals surface area contributed by atoms with Gasteiger partial charge in [-0.05, 0) is 25.1 Å². The van der Waals surface area contributed by atoms with E-state index in [1.807, 2.05) is 31.2 Å². The monoisotopic (exact) mass is 507 g/mol. The van der Waals surface area contributed by atoms with Crippen LogP contribution in [0.3, 0.4) is 0 Å². The molecule has 12 heteroatoms. The van der Waals surface area contributed by atoms with Gasteiger partial charge in [0.05, 0.1) is 16.0 Å². The van der Waals surface area contributed by atoms with Crippen molar-refractivity contribution in [3.63, 3.8) is 0 Å². The largest absolute Gasteiger partial charge is 0.358 e. The van der Waals surface area contributed by atoms with Crippen LogP contribution in [0.15, 0.2) is 52.5 Å². The van der Waals surface area contributed by atoms with E-state index in [0.717, 1.165) is 28.2 Å². The summed E-state index contributed by atoms with van der Waals surface area (Å²) in [6.45, 7) is 5.90. The molecule has 2 N–H and O–H groups in total. The van der Waals surface area contributed by atoms with Gasteiger partial charge in [-0.25, -0.2) is 8.42 Å². The van der Waals surface area contributed by atoms with Crippen LogP contribution in [0.25, 0.3) is 10.9 Å². The first-order valence-corrected chi connectivity index (χ1v) is 13.8. The van der Waals surface area contributed by atoms with Gasteiger partial charge in [-0.15, -0.1) is 0 Å². The molecule has 2 aromatic carbocycles. The summed E-state index contributed by atoms with van der Waals surface area (Å²) in [5.74, 6) is 0. The predicted octanol–water partition coefficient (Wildman–Crippen LogP) is 3.86. The summed E-state index contributed by atoms with van der Waals surface area (Å²) in [4.78, 5) is 14.0. The number of nitro benzene ring substituents is 1. The number of nitro groups is 1. The lowest BCUT2D eigenvalue weighted by atomic mass is 10.1. The van der Waals surface area contributed by atoms with E-state index in [2.05, 4.69) is 15.5 Å². The molecule has 0 aliphatic rings. The Labute approximate surface area is 201 Å². The molecule has 0 bridgehead atoms. The maximum absolute atomic E-state index is 12.7. The molecule has 0 saturated heterocycles. The molecular weight excluding hydrogens is 478 g/mol. The molecule has 1 heterocycles. The highest BCUT2D eigenvalue weighted by Crippen LogP contribution is 2.29. The van der Waals surface area contributed by atoms with E-state index < -0.39 is 25.7 Å². The first-order chi connectivity index (χ1) is 16.0. The average molecular weight is 508 g/mol. The standard InChI is InChI=1S/C20H23N5O4S.C2H6OS/c1-4-24(5-2)30(28,29)15-10-11-19(20(12-15)25(26)27)23-21-13-17-14(3)22-18-9-7-6-8-16(17)18;1-4(2)3/h6-13,22-23H,4-5H2,1-3H3;1-2H3/b21-13+;. The van der Waals surface area contributed by atoms with E-state index in [0.29, 0.717) is 0 Å². The van der Waals surface area contributed by atoms with Crippen molar-refractivity contribution in [3.05, 3.63) is 63.8 Å². The molecule has 0 aliphatic carbocycles. The van der Waals surface area contributed by atoms with Crippen LogP contribution < -0.4 is 5.43 Å². The summed E-state index contributed by atoms with van der Waals surface area (Å²) in [6.07, 6.45) is 4.86. The lowest BCUT2D eigenvalue weighted by molar-refractivity contribution is -0.384. The van der Waals surface area contributed by atoms with Gasteiger partial charge < -0.3 is 4.98 Å². The molecule has 184 valence electrons. The number of aromatic nitrogens is 1. The number of anilines is 1. The van der Waals surface area contributed by atoms with Gasteiger partial charge in [0.25, 0.3) is 5.69 Å². The number of sulfonamides is 1. The van der Waals surface area contributed by atoms with Crippen molar-refractivity contribution in [1.29, 1.82) is 0 Å². The number of hydrogen-bond acceptors (Lipinski definition) is 7. The molecule has 0 unspecified atom stereocenters. The van der Waals surface area contributed by atoms with E-state index >= 15 is 0 Å². The Morgan fingerprint density at radius 2 is 1.79 bits per heavy atom. The Morgan fingerprint density at radius 3 is 2.38 bits per heavy atom. The van der Waals surface area contributed by atoms with E-state index in [9.17, 15) is 22.7 Å². The Kier molecular flexibility index (Phi) is 9.47. The van der Waals surface area contributed by atoms with Crippen molar-refractivity contribution < 1.29 is 17.6 Å². The van der Waals surface area contributed by atoms with Gasteiger partial charge >= 0.3 is 0 Å².